The topological polar surface area (TPSA) is 102 Å². The van der Waals surface area contributed by atoms with Crippen molar-refractivity contribution in [2.24, 2.45) is 0 Å². The lowest BCUT2D eigenvalue weighted by atomic mass is 9.92. The van der Waals surface area contributed by atoms with Crippen LogP contribution in [0.1, 0.15) is 40.2 Å². The normalized spacial score (nSPS) is 14.7. The number of benzene rings is 3. The Morgan fingerprint density at radius 3 is 2.54 bits per heavy atom. The molecule has 196 valence electrons. The van der Waals surface area contributed by atoms with Gasteiger partial charge in [0, 0.05) is 36.9 Å². The van der Waals surface area contributed by atoms with Crippen LogP contribution in [-0.4, -0.2) is 44.7 Å². The summed E-state index contributed by atoms with van der Waals surface area (Å²) in [6.45, 7) is 6.00. The van der Waals surface area contributed by atoms with Crippen LogP contribution in [0.25, 0.3) is 11.1 Å². The summed E-state index contributed by atoms with van der Waals surface area (Å²) in [5.74, 6) is 0.541. The molecule has 2 N–H and O–H groups in total. The third-order valence-corrected chi connectivity index (χ3v) is 7.42. The van der Waals surface area contributed by atoms with Gasteiger partial charge in [0.2, 0.25) is 0 Å². The molecule has 0 bridgehead atoms. The minimum absolute atomic E-state index is 0.0551. The fourth-order valence-electron chi connectivity index (χ4n) is 4.81. The second-order valence-electron chi connectivity index (χ2n) is 9.71. The van der Waals surface area contributed by atoms with E-state index in [9.17, 15) is 13.2 Å². The first-order valence-corrected chi connectivity index (χ1v) is 14.3. The lowest BCUT2D eigenvalue weighted by Crippen LogP contribution is -2.22. The zero-order valence-electron chi connectivity index (χ0n) is 21.4. The van der Waals surface area contributed by atoms with Gasteiger partial charge >= 0.3 is 5.97 Å². The molecule has 4 rings (SSSR count). The molecule has 1 aliphatic heterocycles. The van der Waals surface area contributed by atoms with Crippen LogP contribution in [0.5, 0.6) is 11.5 Å². The first kappa shape index (κ1) is 26.7. The van der Waals surface area contributed by atoms with E-state index in [0.717, 1.165) is 33.4 Å². The highest BCUT2D eigenvalue weighted by Gasteiger charge is 2.26. The zero-order valence-corrected chi connectivity index (χ0v) is 22.2. The summed E-state index contributed by atoms with van der Waals surface area (Å²) in [6, 6.07) is 18.1. The second kappa shape index (κ2) is 11.4. The molecule has 3 aromatic rings. The average molecular weight is 524 g/mol. The summed E-state index contributed by atoms with van der Waals surface area (Å²) >= 11 is 0. The van der Waals surface area contributed by atoms with E-state index >= 15 is 0 Å². The van der Waals surface area contributed by atoms with Crippen LogP contribution in [-0.2, 0) is 27.8 Å². The van der Waals surface area contributed by atoms with Gasteiger partial charge in [0.15, 0.2) is 0 Å². The van der Waals surface area contributed by atoms with Gasteiger partial charge in [0.05, 0.1) is 18.8 Å². The minimum atomic E-state index is -2.97. The molecule has 0 saturated carbocycles. The van der Waals surface area contributed by atoms with Crippen molar-refractivity contribution in [3.05, 3.63) is 82.4 Å². The highest BCUT2D eigenvalue weighted by Crippen LogP contribution is 2.38. The molecule has 0 spiro atoms. The van der Waals surface area contributed by atoms with Gasteiger partial charge in [-0.05, 0) is 59.4 Å². The van der Waals surface area contributed by atoms with Crippen molar-refractivity contribution in [2.75, 3.05) is 25.2 Å². The van der Waals surface area contributed by atoms with Crippen molar-refractivity contribution >= 4 is 15.8 Å². The summed E-state index contributed by atoms with van der Waals surface area (Å²) in [5, 5.41) is 12.3. The molecule has 0 unspecified atom stereocenters. The standard InChI is InChI=1S/C29H33NO6S/c1-19-11-22(16-30-9-10-37(3,33)34)12-20(2)29(19)23-6-4-5-21(13-23)17-35-25-7-8-26-24(14-28(31)32)18-36-27(26)15-25/h4-8,11-13,15,24,30H,9-10,14,16-18H2,1-3H3,(H,31,32)/t24-/m1/s1. The van der Waals surface area contributed by atoms with E-state index in [-0.39, 0.29) is 18.1 Å². The molecule has 8 heteroatoms. The van der Waals surface area contributed by atoms with Crippen LogP contribution in [0, 0.1) is 13.8 Å². The number of fused-ring (bicyclic) bond motifs is 1. The predicted octanol–water partition coefficient (Wildman–Crippen LogP) is 4.63. The van der Waals surface area contributed by atoms with E-state index in [1.165, 1.54) is 11.8 Å². The number of carboxylic acid groups (broad SMARTS) is 1. The van der Waals surface area contributed by atoms with Crippen molar-refractivity contribution in [2.45, 2.75) is 39.3 Å². The number of nitrogens with one attached hydrogen (secondary N) is 1. The Bertz CT molecular complexity index is 1380. The number of carboxylic acids is 1. The summed E-state index contributed by atoms with van der Waals surface area (Å²) < 4.78 is 34.4. The Labute approximate surface area is 218 Å². The summed E-state index contributed by atoms with van der Waals surface area (Å²) in [4.78, 5) is 11.1. The van der Waals surface area contributed by atoms with E-state index in [2.05, 4.69) is 43.4 Å². The fourth-order valence-corrected chi connectivity index (χ4v) is 5.33. The van der Waals surface area contributed by atoms with Gasteiger partial charge in [-0.25, -0.2) is 8.42 Å². The second-order valence-corrected chi connectivity index (χ2v) is 12.0. The molecule has 1 atom stereocenters. The van der Waals surface area contributed by atoms with E-state index in [0.29, 0.717) is 37.8 Å². The van der Waals surface area contributed by atoms with Crippen LogP contribution < -0.4 is 14.8 Å². The number of ether oxygens (including phenoxy) is 2. The Hall–Kier alpha value is -3.36. The van der Waals surface area contributed by atoms with Crippen LogP contribution in [0.15, 0.2) is 54.6 Å². The lowest BCUT2D eigenvalue weighted by Gasteiger charge is -2.15. The first-order valence-electron chi connectivity index (χ1n) is 12.3. The van der Waals surface area contributed by atoms with E-state index in [4.69, 9.17) is 14.6 Å². The Morgan fingerprint density at radius 1 is 1.08 bits per heavy atom. The first-order chi connectivity index (χ1) is 17.6. The molecular formula is C29H33NO6S. The minimum Gasteiger partial charge on any atom is -0.492 e. The molecule has 3 aromatic carbocycles. The number of rotatable bonds is 11. The Morgan fingerprint density at radius 2 is 1.84 bits per heavy atom. The summed E-state index contributed by atoms with van der Waals surface area (Å²) in [5.41, 5.74) is 7.67. The van der Waals surface area contributed by atoms with Crippen molar-refractivity contribution in [3.63, 3.8) is 0 Å². The predicted molar refractivity (Wildman–Crippen MR) is 144 cm³/mol. The molecule has 0 aliphatic carbocycles. The van der Waals surface area contributed by atoms with Gasteiger partial charge in [0.1, 0.15) is 27.9 Å². The molecule has 0 saturated heterocycles. The SMILES string of the molecule is Cc1cc(CNCCS(C)(=O)=O)cc(C)c1-c1cccc(COc2ccc3c(c2)OC[C@H]3CC(=O)O)c1. The zero-order chi connectivity index (χ0) is 26.6. The maximum Gasteiger partial charge on any atom is 0.304 e. The molecule has 37 heavy (non-hydrogen) atoms. The summed E-state index contributed by atoms with van der Waals surface area (Å²) in [6.07, 6.45) is 1.30. The maximum absolute atomic E-state index is 11.3. The summed E-state index contributed by atoms with van der Waals surface area (Å²) in [7, 11) is -2.97. The molecule has 1 aliphatic rings. The number of aryl methyl sites for hydroxylation is 2. The van der Waals surface area contributed by atoms with Gasteiger partial charge in [-0.2, -0.15) is 0 Å². The maximum atomic E-state index is 11.3. The van der Waals surface area contributed by atoms with Crippen molar-refractivity contribution in [3.8, 4) is 22.6 Å². The largest absolute Gasteiger partial charge is 0.492 e. The van der Waals surface area contributed by atoms with Gasteiger partial charge in [-0.3, -0.25) is 4.79 Å². The number of hydrogen-bond acceptors (Lipinski definition) is 6. The number of sulfone groups is 1. The lowest BCUT2D eigenvalue weighted by molar-refractivity contribution is -0.137. The van der Waals surface area contributed by atoms with Gasteiger partial charge in [-0.1, -0.05) is 36.4 Å². The quantitative estimate of drug-likeness (QED) is 0.353. The highest BCUT2D eigenvalue weighted by molar-refractivity contribution is 7.90. The molecule has 7 nitrogen and oxygen atoms in total. The van der Waals surface area contributed by atoms with Crippen LogP contribution in [0.3, 0.4) is 0 Å². The molecule has 1 heterocycles. The van der Waals surface area contributed by atoms with Gasteiger partial charge in [-0.15, -0.1) is 0 Å². The van der Waals surface area contributed by atoms with E-state index in [1.807, 2.05) is 30.3 Å². The fraction of sp³-hybridized carbons (Fsp3) is 0.345. The molecule has 0 amide bonds. The molecular weight excluding hydrogens is 490 g/mol. The number of hydrogen-bond donors (Lipinski definition) is 2. The smallest absolute Gasteiger partial charge is 0.304 e. The third-order valence-electron chi connectivity index (χ3n) is 6.48. The van der Waals surface area contributed by atoms with Gasteiger partial charge < -0.3 is 19.9 Å². The van der Waals surface area contributed by atoms with E-state index in [1.54, 1.807) is 0 Å². The van der Waals surface area contributed by atoms with Crippen molar-refractivity contribution < 1.29 is 27.8 Å². The van der Waals surface area contributed by atoms with Gasteiger partial charge in [0.25, 0.3) is 0 Å². The number of aliphatic carboxylic acids is 1. The van der Waals surface area contributed by atoms with Crippen LogP contribution in [0.4, 0.5) is 0 Å². The number of carbonyl (C=O) groups is 1. The third kappa shape index (κ3) is 7.11. The van der Waals surface area contributed by atoms with E-state index < -0.39 is 15.8 Å². The van der Waals surface area contributed by atoms with Crippen molar-refractivity contribution in [1.29, 1.82) is 0 Å². The molecule has 0 aromatic heterocycles. The molecule has 0 radical (unpaired) electrons. The van der Waals surface area contributed by atoms with Crippen LogP contribution in [0.2, 0.25) is 0 Å². The van der Waals surface area contributed by atoms with Crippen molar-refractivity contribution in [1.82, 2.24) is 5.32 Å². The highest BCUT2D eigenvalue weighted by atomic mass is 32.2. The Balaban J connectivity index is 1.42. The Kier molecular flexibility index (Phi) is 8.19. The monoisotopic (exact) mass is 523 g/mol. The molecule has 0 fully saturated rings. The van der Waals surface area contributed by atoms with Crippen LogP contribution >= 0.6 is 0 Å². The average Bonchev–Trinajstić information content (AvgIpc) is 3.21.